The van der Waals surface area contributed by atoms with Gasteiger partial charge in [0.05, 0.1) is 13.2 Å². The summed E-state index contributed by atoms with van der Waals surface area (Å²) >= 11 is 0. The van der Waals surface area contributed by atoms with Gasteiger partial charge in [-0.2, -0.15) is 13.2 Å². The molecule has 2 saturated carbocycles. The molecule has 1 aromatic rings. The number of ether oxygens (including phenoxy) is 1. The Morgan fingerprint density at radius 3 is 2.46 bits per heavy atom. The Morgan fingerprint density at radius 2 is 1.80 bits per heavy atom. The predicted octanol–water partition coefficient (Wildman–Crippen LogP) is 9.74. The maximum Gasteiger partial charge on any atom is 0.414 e. The van der Waals surface area contributed by atoms with Crippen LogP contribution in [0.25, 0.3) is 0 Å². The molecule has 232 valence electrons. The van der Waals surface area contributed by atoms with E-state index >= 15 is 0 Å². The standard InChI is InChI=1S/C34H53F3O3Si/c1-31(2,3)41(6,7)40-30-17-16-28-32(30,4)21-19-27-26-15-14-25(39-5)23-24(26)18-22-33(27,28)20-12-10-8-9-11-13-29(38)34(35,36)37/h12,14-15,20,23,27-30,38H,8-11,13,16-19,21-22H2,1-7H3/t27-,28-,29-,30+,32+,33-/m1/s1. The lowest BCUT2D eigenvalue weighted by Gasteiger charge is -2.58. The minimum absolute atomic E-state index is 0.0621. The molecule has 6 atom stereocenters. The highest BCUT2D eigenvalue weighted by Crippen LogP contribution is 2.68. The highest BCUT2D eigenvalue weighted by molar-refractivity contribution is 6.74. The van der Waals surface area contributed by atoms with Crippen molar-refractivity contribution in [3.8, 4) is 5.75 Å². The van der Waals surface area contributed by atoms with E-state index in [4.69, 9.17) is 9.16 Å². The SMILES string of the molecule is COc1ccc2c(c1)CC[C@]1(C=CCCCCC[C@@H](O)C(F)(F)F)[C@@H]2CC[C@]2(C)[C@@H](O[Si](C)(C)C(C)(C)C)CC[C@H]21. The largest absolute Gasteiger partial charge is 0.497 e. The van der Waals surface area contributed by atoms with Gasteiger partial charge < -0.3 is 14.3 Å². The van der Waals surface area contributed by atoms with Crippen LogP contribution in [-0.4, -0.2) is 38.9 Å². The molecule has 4 rings (SSSR count). The number of hydrogen-bond acceptors (Lipinski definition) is 3. The molecule has 0 unspecified atom stereocenters. The van der Waals surface area contributed by atoms with Crippen molar-refractivity contribution in [1.82, 2.24) is 0 Å². The van der Waals surface area contributed by atoms with Crippen LogP contribution >= 0.6 is 0 Å². The summed E-state index contributed by atoms with van der Waals surface area (Å²) in [6, 6.07) is 6.64. The molecule has 0 heterocycles. The van der Waals surface area contributed by atoms with Crippen LogP contribution in [-0.2, 0) is 10.8 Å². The summed E-state index contributed by atoms with van der Waals surface area (Å²) in [5.74, 6) is 1.92. The van der Waals surface area contributed by atoms with Crippen LogP contribution in [0.5, 0.6) is 5.75 Å². The molecule has 0 radical (unpaired) electrons. The van der Waals surface area contributed by atoms with Gasteiger partial charge in [0.2, 0.25) is 0 Å². The Labute approximate surface area is 247 Å². The normalized spacial score (nSPS) is 31.0. The number of methoxy groups -OCH3 is 1. The second-order valence-electron chi connectivity index (χ2n) is 14.9. The molecule has 1 N–H and O–H groups in total. The Morgan fingerprint density at radius 1 is 1.07 bits per heavy atom. The summed E-state index contributed by atoms with van der Waals surface area (Å²) in [4.78, 5) is 0. The molecule has 41 heavy (non-hydrogen) atoms. The van der Waals surface area contributed by atoms with E-state index in [-0.39, 0.29) is 28.4 Å². The van der Waals surface area contributed by atoms with Gasteiger partial charge in [0, 0.05) is 0 Å². The first-order valence-corrected chi connectivity index (χ1v) is 18.7. The van der Waals surface area contributed by atoms with Gasteiger partial charge in [-0.05, 0) is 122 Å². The number of rotatable bonds is 10. The van der Waals surface area contributed by atoms with E-state index in [9.17, 15) is 18.3 Å². The molecular weight excluding hydrogens is 541 g/mol. The number of aryl methyl sites for hydroxylation is 1. The van der Waals surface area contributed by atoms with Crippen LogP contribution in [0.15, 0.2) is 30.4 Å². The van der Waals surface area contributed by atoms with E-state index in [0.717, 1.165) is 44.3 Å². The van der Waals surface area contributed by atoms with E-state index in [0.29, 0.717) is 24.7 Å². The quantitative estimate of drug-likeness (QED) is 0.166. The zero-order chi connectivity index (χ0) is 30.3. The third-order valence-corrected chi connectivity index (χ3v) is 16.0. The monoisotopic (exact) mass is 594 g/mol. The highest BCUT2D eigenvalue weighted by Gasteiger charge is 2.62. The summed E-state index contributed by atoms with van der Waals surface area (Å²) in [6.07, 6.45) is 7.76. The molecule has 0 spiro atoms. The molecule has 1 aromatic carbocycles. The maximum atomic E-state index is 12.6. The van der Waals surface area contributed by atoms with Crippen LogP contribution < -0.4 is 4.74 Å². The molecule has 0 aromatic heterocycles. The fourth-order valence-electron chi connectivity index (χ4n) is 8.08. The molecular formula is C34H53F3O3Si. The lowest BCUT2D eigenvalue weighted by atomic mass is 9.47. The third-order valence-electron chi connectivity index (χ3n) is 11.5. The number of alkyl halides is 3. The molecule has 2 fully saturated rings. The molecule has 3 aliphatic rings. The van der Waals surface area contributed by atoms with Gasteiger partial charge in [-0.3, -0.25) is 0 Å². The van der Waals surface area contributed by atoms with E-state index in [1.54, 1.807) is 7.11 Å². The van der Waals surface area contributed by atoms with Crippen molar-refractivity contribution in [3.63, 3.8) is 0 Å². The second-order valence-corrected chi connectivity index (χ2v) is 19.6. The molecule has 7 heteroatoms. The average Bonchev–Trinajstić information content (AvgIpc) is 3.22. The Hall–Kier alpha value is -1.31. The first-order chi connectivity index (χ1) is 19.0. The Kier molecular flexibility index (Phi) is 9.54. The van der Waals surface area contributed by atoms with Crippen molar-refractivity contribution < 1.29 is 27.4 Å². The van der Waals surface area contributed by atoms with Crippen LogP contribution in [0.3, 0.4) is 0 Å². The minimum atomic E-state index is -4.52. The predicted molar refractivity (Wildman–Crippen MR) is 163 cm³/mol. The molecule has 0 saturated heterocycles. The summed E-state index contributed by atoms with van der Waals surface area (Å²) in [7, 11) is -0.183. The van der Waals surface area contributed by atoms with Crippen molar-refractivity contribution in [2.75, 3.05) is 7.11 Å². The summed E-state index contributed by atoms with van der Waals surface area (Å²) < 4.78 is 50.6. The second kappa shape index (κ2) is 12.0. The fourth-order valence-corrected chi connectivity index (χ4v) is 9.53. The summed E-state index contributed by atoms with van der Waals surface area (Å²) in [6.45, 7) is 14.2. The van der Waals surface area contributed by atoms with Crippen LogP contribution in [0, 0.1) is 16.7 Å². The van der Waals surface area contributed by atoms with Crippen molar-refractivity contribution in [3.05, 3.63) is 41.5 Å². The van der Waals surface area contributed by atoms with Crippen LogP contribution in [0.1, 0.15) is 109 Å². The molecule has 3 nitrogen and oxygen atoms in total. The van der Waals surface area contributed by atoms with Gasteiger partial charge in [-0.1, -0.05) is 58.8 Å². The van der Waals surface area contributed by atoms with Crippen molar-refractivity contribution in [2.24, 2.45) is 16.7 Å². The van der Waals surface area contributed by atoms with Crippen molar-refractivity contribution >= 4 is 8.32 Å². The van der Waals surface area contributed by atoms with Crippen molar-refractivity contribution in [1.29, 1.82) is 0 Å². The number of halogens is 3. The topological polar surface area (TPSA) is 38.7 Å². The van der Waals surface area contributed by atoms with Crippen molar-refractivity contribution in [2.45, 2.75) is 141 Å². The lowest BCUT2D eigenvalue weighted by molar-refractivity contribution is -0.205. The Balaban J connectivity index is 1.55. The number of aliphatic hydroxyl groups excluding tert-OH is 1. The molecule has 0 aliphatic heterocycles. The summed E-state index contributed by atoms with van der Waals surface area (Å²) in [5, 5.41) is 9.47. The third kappa shape index (κ3) is 6.47. The fraction of sp³-hybridized carbons (Fsp3) is 0.765. The van der Waals surface area contributed by atoms with Gasteiger partial charge in [-0.15, -0.1) is 0 Å². The van der Waals surface area contributed by atoms with Gasteiger partial charge >= 0.3 is 6.18 Å². The number of unbranched alkanes of at least 4 members (excludes halogenated alkanes) is 3. The molecule has 3 aliphatic carbocycles. The zero-order valence-corrected chi connectivity index (χ0v) is 27.4. The van der Waals surface area contributed by atoms with Gasteiger partial charge in [0.15, 0.2) is 8.32 Å². The number of aliphatic hydroxyl groups is 1. The summed E-state index contributed by atoms with van der Waals surface area (Å²) in [5.41, 5.74) is 3.08. The Bertz CT molecular complexity index is 1080. The van der Waals surface area contributed by atoms with Crippen LogP contribution in [0.4, 0.5) is 13.2 Å². The average molecular weight is 595 g/mol. The maximum absolute atomic E-state index is 12.6. The van der Waals surface area contributed by atoms with Crippen LogP contribution in [0.2, 0.25) is 18.1 Å². The first-order valence-electron chi connectivity index (χ1n) is 15.8. The number of allylic oxidation sites excluding steroid dienone is 2. The first kappa shape index (κ1) is 32.6. The molecule has 0 amide bonds. The lowest BCUT2D eigenvalue weighted by Crippen LogP contribution is -2.53. The minimum Gasteiger partial charge on any atom is -0.497 e. The van der Waals surface area contributed by atoms with E-state index < -0.39 is 20.6 Å². The van der Waals surface area contributed by atoms with E-state index in [2.05, 4.69) is 71.1 Å². The number of hydrogen-bond donors (Lipinski definition) is 1. The van der Waals surface area contributed by atoms with Gasteiger partial charge in [-0.25, -0.2) is 0 Å². The zero-order valence-electron chi connectivity index (χ0n) is 26.4. The molecule has 0 bridgehead atoms. The smallest absolute Gasteiger partial charge is 0.414 e. The van der Waals surface area contributed by atoms with Gasteiger partial charge in [0.1, 0.15) is 11.9 Å². The van der Waals surface area contributed by atoms with E-state index in [1.807, 2.05) is 0 Å². The van der Waals surface area contributed by atoms with E-state index in [1.165, 1.54) is 24.0 Å². The highest BCUT2D eigenvalue weighted by atomic mass is 28.4. The number of benzene rings is 1. The number of fused-ring (bicyclic) bond motifs is 5. The van der Waals surface area contributed by atoms with Gasteiger partial charge in [0.25, 0.3) is 0 Å².